The van der Waals surface area contributed by atoms with E-state index in [9.17, 15) is 14.3 Å². The van der Waals surface area contributed by atoms with E-state index in [-0.39, 0.29) is 16.8 Å². The minimum Gasteiger partial charge on any atom is -0.497 e. The number of rotatable bonds is 8. The van der Waals surface area contributed by atoms with E-state index in [1.165, 1.54) is 38.6 Å². The predicted octanol–water partition coefficient (Wildman–Crippen LogP) is 2.90. The highest BCUT2D eigenvalue weighted by Gasteiger charge is 2.15. The first-order valence-electron chi connectivity index (χ1n) is 9.73. The van der Waals surface area contributed by atoms with Crippen LogP contribution in [0.15, 0.2) is 48.0 Å². The van der Waals surface area contributed by atoms with Crippen LogP contribution >= 0.6 is 0 Å². The summed E-state index contributed by atoms with van der Waals surface area (Å²) in [5, 5.41) is 13.5. The molecular weight excluding hydrogens is 417 g/mol. The molecule has 32 heavy (non-hydrogen) atoms. The number of aliphatic hydroxyl groups excluding tert-OH is 1. The van der Waals surface area contributed by atoms with Crippen LogP contribution in [0.2, 0.25) is 0 Å². The second-order valence-corrected chi connectivity index (χ2v) is 6.60. The number of nitrogens with zero attached hydrogens (tertiary/aromatic N) is 4. The molecule has 10 heteroatoms. The highest BCUT2D eigenvalue weighted by atomic mass is 19.1. The monoisotopic (exact) mass is 439 g/mol. The summed E-state index contributed by atoms with van der Waals surface area (Å²) in [6, 6.07) is 6.25. The maximum Gasteiger partial charge on any atom is 0.291 e. The fourth-order valence-electron chi connectivity index (χ4n) is 2.75. The molecule has 0 aliphatic carbocycles. The number of nitrogens with one attached hydrogen (secondary N) is 1. The number of amides is 1. The topological polar surface area (TPSA) is 119 Å². The van der Waals surface area contributed by atoms with Crippen LogP contribution in [-0.2, 0) is 0 Å². The lowest BCUT2D eigenvalue weighted by atomic mass is 10.1. The zero-order chi connectivity index (χ0) is 23.1. The van der Waals surface area contributed by atoms with Crippen molar-refractivity contribution < 1.29 is 23.8 Å². The molecule has 3 aromatic rings. The second kappa shape index (κ2) is 10.4. The normalized spacial score (nSPS) is 11.9. The molecule has 166 valence electrons. The zero-order valence-electron chi connectivity index (χ0n) is 17.7. The lowest BCUT2D eigenvalue weighted by Gasteiger charge is -2.11. The molecule has 9 nitrogen and oxygen atoms in total. The molecule has 2 N–H and O–H groups in total. The van der Waals surface area contributed by atoms with Crippen molar-refractivity contribution in [1.29, 1.82) is 0 Å². The number of pyridine rings is 1. The van der Waals surface area contributed by atoms with E-state index in [0.29, 0.717) is 29.5 Å². The minimum absolute atomic E-state index is 0.0179. The number of carbonyl (C=O) groups is 1. The van der Waals surface area contributed by atoms with Crippen LogP contribution in [-0.4, -0.2) is 45.9 Å². The molecule has 3 rings (SSSR count). The van der Waals surface area contributed by atoms with Gasteiger partial charge in [0.1, 0.15) is 17.3 Å². The van der Waals surface area contributed by atoms with Gasteiger partial charge >= 0.3 is 0 Å². The molecule has 0 fully saturated rings. The molecule has 0 radical (unpaired) electrons. The third-order valence-electron chi connectivity index (χ3n) is 4.35. The van der Waals surface area contributed by atoms with E-state index >= 15 is 0 Å². The fraction of sp³-hybridized carbons (Fsp3) is 0.227. The molecule has 0 aliphatic rings. The van der Waals surface area contributed by atoms with E-state index in [1.807, 2.05) is 6.92 Å². The Kier molecular flexibility index (Phi) is 7.40. The van der Waals surface area contributed by atoms with Crippen molar-refractivity contribution in [2.45, 2.75) is 20.0 Å². The van der Waals surface area contributed by atoms with Crippen LogP contribution in [0.25, 0.3) is 11.3 Å². The number of halogens is 1. The van der Waals surface area contributed by atoms with Crippen molar-refractivity contribution in [1.82, 2.24) is 20.4 Å². The van der Waals surface area contributed by atoms with Crippen molar-refractivity contribution in [2.24, 2.45) is 5.10 Å². The van der Waals surface area contributed by atoms with Gasteiger partial charge in [-0.15, -0.1) is 0 Å². The lowest BCUT2D eigenvalue weighted by Crippen LogP contribution is -2.19. The number of carbonyl (C=O) groups excluding carboxylic acids is 1. The smallest absolute Gasteiger partial charge is 0.291 e. The summed E-state index contributed by atoms with van der Waals surface area (Å²) in [7, 11) is 1.42. The number of hydrazone groups is 1. The summed E-state index contributed by atoms with van der Waals surface area (Å²) in [4.78, 5) is 24.9. The number of hydrogen-bond donors (Lipinski definition) is 2. The fourth-order valence-corrected chi connectivity index (χ4v) is 2.75. The zero-order valence-corrected chi connectivity index (χ0v) is 17.7. The Morgan fingerprint density at radius 1 is 1.31 bits per heavy atom. The van der Waals surface area contributed by atoms with Gasteiger partial charge in [0, 0.05) is 29.0 Å². The van der Waals surface area contributed by atoms with Crippen molar-refractivity contribution in [3.63, 3.8) is 0 Å². The Bertz CT molecular complexity index is 1120. The van der Waals surface area contributed by atoms with Gasteiger partial charge in [-0.25, -0.2) is 19.8 Å². The average Bonchev–Trinajstić information content (AvgIpc) is 2.80. The molecule has 1 amide bonds. The molecule has 2 aromatic heterocycles. The molecule has 0 aliphatic heterocycles. The Morgan fingerprint density at radius 2 is 2.12 bits per heavy atom. The minimum atomic E-state index is -1.04. The van der Waals surface area contributed by atoms with Gasteiger partial charge in [-0.3, -0.25) is 9.78 Å². The van der Waals surface area contributed by atoms with E-state index in [2.05, 4.69) is 25.5 Å². The lowest BCUT2D eigenvalue weighted by molar-refractivity contribution is 0.0950. The molecular formula is C22H22FN5O4. The molecule has 1 aromatic carbocycles. The number of methoxy groups -OCH3 is 1. The largest absolute Gasteiger partial charge is 0.497 e. The van der Waals surface area contributed by atoms with E-state index < -0.39 is 17.8 Å². The number of ether oxygens (including phenoxy) is 2. The van der Waals surface area contributed by atoms with Crippen LogP contribution in [0.3, 0.4) is 0 Å². The summed E-state index contributed by atoms with van der Waals surface area (Å²) in [5.74, 6) is -0.467. The Labute approximate surface area is 184 Å². The standard InChI is InChI=1S/C22H22FN5O4/c1-4-32-20-6-5-14(9-25-20)18-11-24-12-19(27-18)22(30)28-26-10-15-7-16(31-3)8-17(13(2)29)21(15)23/h5-13,29H,4H2,1-3H3,(H,28,30)/b26-10+. The van der Waals surface area contributed by atoms with Crippen molar-refractivity contribution in [3.05, 3.63) is 65.5 Å². The highest BCUT2D eigenvalue weighted by Crippen LogP contribution is 2.25. The van der Waals surface area contributed by atoms with Crippen LogP contribution in [0, 0.1) is 5.82 Å². The highest BCUT2D eigenvalue weighted by molar-refractivity contribution is 5.93. The Hall–Kier alpha value is -3.92. The van der Waals surface area contributed by atoms with Crippen molar-refractivity contribution in [3.8, 4) is 22.9 Å². The third kappa shape index (κ3) is 5.41. The second-order valence-electron chi connectivity index (χ2n) is 6.60. The number of benzene rings is 1. The van der Waals surface area contributed by atoms with Crippen LogP contribution in [0.4, 0.5) is 4.39 Å². The van der Waals surface area contributed by atoms with Gasteiger partial charge in [0.15, 0.2) is 0 Å². The van der Waals surface area contributed by atoms with Crippen LogP contribution in [0.1, 0.15) is 41.6 Å². The number of aliphatic hydroxyl groups is 1. The Balaban J connectivity index is 1.75. The molecule has 1 atom stereocenters. The third-order valence-corrected chi connectivity index (χ3v) is 4.35. The summed E-state index contributed by atoms with van der Waals surface area (Å²) in [6.07, 6.45) is 4.44. The van der Waals surface area contributed by atoms with Gasteiger partial charge in [-0.1, -0.05) is 0 Å². The molecule has 2 heterocycles. The Morgan fingerprint density at radius 3 is 2.78 bits per heavy atom. The summed E-state index contributed by atoms with van der Waals surface area (Å²) >= 11 is 0. The first-order valence-corrected chi connectivity index (χ1v) is 9.73. The number of hydrogen-bond acceptors (Lipinski definition) is 8. The molecule has 0 saturated heterocycles. The van der Waals surface area contributed by atoms with Gasteiger partial charge in [-0.05, 0) is 32.0 Å². The van der Waals surface area contributed by atoms with Gasteiger partial charge < -0.3 is 14.6 Å². The molecule has 0 bridgehead atoms. The van der Waals surface area contributed by atoms with Crippen LogP contribution < -0.4 is 14.9 Å². The van der Waals surface area contributed by atoms with Crippen molar-refractivity contribution in [2.75, 3.05) is 13.7 Å². The maximum absolute atomic E-state index is 14.5. The average molecular weight is 439 g/mol. The summed E-state index contributed by atoms with van der Waals surface area (Å²) < 4.78 is 25.0. The first kappa shape index (κ1) is 22.8. The van der Waals surface area contributed by atoms with E-state index in [0.717, 1.165) is 6.21 Å². The molecule has 0 saturated carbocycles. The first-order chi connectivity index (χ1) is 15.4. The SMILES string of the molecule is CCOc1ccc(-c2cncc(C(=O)N/N=C/c3cc(OC)cc(C(C)O)c3F)n2)cn1. The molecule has 0 spiro atoms. The predicted molar refractivity (Wildman–Crippen MR) is 115 cm³/mol. The van der Waals surface area contributed by atoms with Crippen molar-refractivity contribution >= 4 is 12.1 Å². The maximum atomic E-state index is 14.5. The van der Waals surface area contributed by atoms with E-state index in [4.69, 9.17) is 9.47 Å². The van der Waals surface area contributed by atoms with Crippen LogP contribution in [0.5, 0.6) is 11.6 Å². The number of aromatic nitrogens is 3. The van der Waals surface area contributed by atoms with Gasteiger partial charge in [0.05, 0.1) is 44.1 Å². The van der Waals surface area contributed by atoms with E-state index in [1.54, 1.807) is 18.3 Å². The quantitative estimate of drug-likeness (QED) is 0.409. The van der Waals surface area contributed by atoms with Gasteiger partial charge in [0.25, 0.3) is 5.91 Å². The van der Waals surface area contributed by atoms with Gasteiger partial charge in [0.2, 0.25) is 5.88 Å². The summed E-state index contributed by atoms with van der Waals surface area (Å²) in [5.41, 5.74) is 3.50. The van der Waals surface area contributed by atoms with Gasteiger partial charge in [-0.2, -0.15) is 5.10 Å². The summed E-state index contributed by atoms with van der Waals surface area (Å²) in [6.45, 7) is 3.80. The molecule has 1 unspecified atom stereocenters.